The molecule has 0 saturated carbocycles. The Hall–Kier alpha value is -3.33. The van der Waals surface area contributed by atoms with Crippen molar-refractivity contribution in [3.63, 3.8) is 0 Å². The number of hydrogen-bond acceptors (Lipinski definition) is 4. The maximum Gasteiger partial charge on any atom is 0.270 e. The number of nitrogens with zero attached hydrogens (tertiary/aromatic N) is 3. The molecular weight excluding hydrogens is 493 g/mol. The quantitative estimate of drug-likeness (QED) is 0.212. The fourth-order valence-corrected chi connectivity index (χ4v) is 3.66. The van der Waals surface area contributed by atoms with Gasteiger partial charge in [0.25, 0.3) is 11.2 Å². The fourth-order valence-electron chi connectivity index (χ4n) is 3.17. The predicted octanol–water partition coefficient (Wildman–Crippen LogP) is 5.13. The van der Waals surface area contributed by atoms with E-state index in [-0.39, 0.29) is 11.2 Å². The first-order chi connectivity index (χ1) is 14.5. The van der Waals surface area contributed by atoms with Crippen molar-refractivity contribution < 1.29 is 4.92 Å². The molecule has 0 unspecified atom stereocenters. The Morgan fingerprint density at radius 1 is 1.00 bits per heavy atom. The number of nitro benzene ring substituents is 1. The summed E-state index contributed by atoms with van der Waals surface area (Å²) in [5.41, 5.74) is 2.15. The van der Waals surface area contributed by atoms with Crippen molar-refractivity contribution in [1.82, 2.24) is 9.55 Å². The number of rotatable bonds is 5. The van der Waals surface area contributed by atoms with Gasteiger partial charge in [-0.1, -0.05) is 48.5 Å². The molecule has 4 aromatic rings. The zero-order valence-electron chi connectivity index (χ0n) is 15.7. The van der Waals surface area contributed by atoms with Gasteiger partial charge in [0, 0.05) is 15.7 Å². The summed E-state index contributed by atoms with van der Waals surface area (Å²) in [5, 5.41) is 11.6. The monoisotopic (exact) mass is 509 g/mol. The molecule has 4 rings (SSSR count). The Morgan fingerprint density at radius 2 is 1.80 bits per heavy atom. The van der Waals surface area contributed by atoms with Gasteiger partial charge in [-0.25, -0.2) is 4.98 Å². The minimum atomic E-state index is -0.432. The van der Waals surface area contributed by atoms with Gasteiger partial charge in [0.15, 0.2) is 0 Å². The van der Waals surface area contributed by atoms with Crippen LogP contribution in [0.25, 0.3) is 23.1 Å². The van der Waals surface area contributed by atoms with Crippen LogP contribution in [-0.2, 0) is 6.54 Å². The van der Waals surface area contributed by atoms with E-state index < -0.39 is 4.92 Å². The molecule has 0 N–H and O–H groups in total. The Labute approximate surface area is 185 Å². The Morgan fingerprint density at radius 3 is 2.57 bits per heavy atom. The molecule has 0 bridgehead atoms. The molecule has 0 atom stereocenters. The van der Waals surface area contributed by atoms with Crippen LogP contribution in [0.15, 0.2) is 77.6 Å². The highest BCUT2D eigenvalue weighted by atomic mass is 127. The van der Waals surface area contributed by atoms with Crippen molar-refractivity contribution in [2.45, 2.75) is 6.54 Å². The minimum absolute atomic E-state index is 0.0138. The van der Waals surface area contributed by atoms with Crippen LogP contribution in [0.5, 0.6) is 0 Å². The minimum Gasteiger partial charge on any atom is -0.288 e. The van der Waals surface area contributed by atoms with E-state index >= 15 is 0 Å². The van der Waals surface area contributed by atoms with Crippen molar-refractivity contribution in [1.29, 1.82) is 0 Å². The highest BCUT2D eigenvalue weighted by Crippen LogP contribution is 2.18. The molecule has 0 aliphatic heterocycles. The van der Waals surface area contributed by atoms with E-state index in [1.807, 2.05) is 48.5 Å². The van der Waals surface area contributed by atoms with Gasteiger partial charge in [0.05, 0.1) is 22.4 Å². The summed E-state index contributed by atoms with van der Waals surface area (Å²) in [6.45, 7) is 0.378. The van der Waals surface area contributed by atoms with Crippen molar-refractivity contribution in [3.05, 3.63) is 114 Å². The first-order valence-electron chi connectivity index (χ1n) is 9.18. The zero-order chi connectivity index (χ0) is 21.1. The summed E-state index contributed by atoms with van der Waals surface area (Å²) in [7, 11) is 0. The van der Waals surface area contributed by atoms with Crippen LogP contribution in [0, 0.1) is 13.7 Å². The molecule has 6 nitrogen and oxygen atoms in total. The van der Waals surface area contributed by atoms with Gasteiger partial charge in [-0.3, -0.25) is 19.5 Å². The lowest BCUT2D eigenvalue weighted by molar-refractivity contribution is -0.384. The molecule has 0 fully saturated rings. The lowest BCUT2D eigenvalue weighted by atomic mass is 10.1. The van der Waals surface area contributed by atoms with Crippen LogP contribution < -0.4 is 5.56 Å². The van der Waals surface area contributed by atoms with Crippen molar-refractivity contribution in [2.24, 2.45) is 0 Å². The topological polar surface area (TPSA) is 78.0 Å². The molecule has 30 heavy (non-hydrogen) atoms. The second kappa shape index (κ2) is 8.58. The Bertz CT molecular complexity index is 1330. The zero-order valence-corrected chi connectivity index (χ0v) is 17.9. The third-order valence-corrected chi connectivity index (χ3v) is 5.31. The van der Waals surface area contributed by atoms with E-state index in [0.717, 1.165) is 9.13 Å². The molecule has 148 valence electrons. The maximum atomic E-state index is 13.3. The Balaban J connectivity index is 1.84. The van der Waals surface area contributed by atoms with Crippen LogP contribution in [0.2, 0.25) is 0 Å². The van der Waals surface area contributed by atoms with Crippen LogP contribution >= 0.6 is 22.6 Å². The number of fused-ring (bicyclic) bond motifs is 1. The molecule has 0 aliphatic carbocycles. The van der Waals surface area contributed by atoms with Gasteiger partial charge >= 0.3 is 0 Å². The normalized spacial score (nSPS) is 11.2. The maximum absolute atomic E-state index is 13.3. The molecule has 3 aromatic carbocycles. The summed E-state index contributed by atoms with van der Waals surface area (Å²) in [4.78, 5) is 28.5. The highest BCUT2D eigenvalue weighted by molar-refractivity contribution is 14.1. The smallest absolute Gasteiger partial charge is 0.270 e. The Kier molecular flexibility index (Phi) is 5.71. The van der Waals surface area contributed by atoms with Gasteiger partial charge in [-0.15, -0.1) is 0 Å². The fraction of sp³-hybridized carbons (Fsp3) is 0.0435. The van der Waals surface area contributed by atoms with Gasteiger partial charge in [-0.05, 0) is 58.0 Å². The number of benzene rings is 3. The lowest BCUT2D eigenvalue weighted by Crippen LogP contribution is -2.24. The van der Waals surface area contributed by atoms with Crippen molar-refractivity contribution >= 4 is 51.3 Å². The SMILES string of the molecule is O=c1c2cc(I)ccc2nc(/C=C/c2cccc([N+](=O)[O-])c2)n1Cc1ccccc1. The van der Waals surface area contributed by atoms with Gasteiger partial charge in [-0.2, -0.15) is 0 Å². The van der Waals surface area contributed by atoms with Gasteiger partial charge in [0.1, 0.15) is 5.82 Å². The summed E-state index contributed by atoms with van der Waals surface area (Å²) < 4.78 is 2.59. The first kappa shape index (κ1) is 20.0. The second-order valence-corrected chi connectivity index (χ2v) is 7.94. The standard InChI is InChI=1S/C23H16IN3O3/c24-18-10-11-21-20(14-18)23(28)26(15-17-5-2-1-3-6-17)22(25-21)12-9-16-7-4-8-19(13-16)27(29)30/h1-14H,15H2/b12-9+. The summed E-state index contributed by atoms with van der Waals surface area (Å²) in [6, 6.07) is 21.6. The number of halogens is 1. The van der Waals surface area contributed by atoms with Crippen LogP contribution in [0.3, 0.4) is 0 Å². The van der Waals surface area contributed by atoms with E-state index in [4.69, 9.17) is 0 Å². The highest BCUT2D eigenvalue weighted by Gasteiger charge is 2.11. The lowest BCUT2D eigenvalue weighted by Gasteiger charge is -2.12. The molecular formula is C23H16IN3O3. The first-order valence-corrected chi connectivity index (χ1v) is 10.3. The molecule has 1 aromatic heterocycles. The van der Waals surface area contributed by atoms with E-state index in [9.17, 15) is 14.9 Å². The van der Waals surface area contributed by atoms with E-state index in [0.29, 0.717) is 28.8 Å². The number of non-ortho nitro benzene ring substituents is 1. The average Bonchev–Trinajstić information content (AvgIpc) is 2.76. The molecule has 0 radical (unpaired) electrons. The molecule has 0 aliphatic rings. The van der Waals surface area contributed by atoms with Gasteiger partial charge in [0.2, 0.25) is 0 Å². The average molecular weight is 509 g/mol. The van der Waals surface area contributed by atoms with Crippen LogP contribution in [0.4, 0.5) is 5.69 Å². The largest absolute Gasteiger partial charge is 0.288 e. The van der Waals surface area contributed by atoms with E-state index in [1.54, 1.807) is 28.9 Å². The number of aromatic nitrogens is 2. The summed E-state index contributed by atoms with van der Waals surface area (Å²) in [6.07, 6.45) is 3.45. The molecule has 0 spiro atoms. The molecule has 0 saturated heterocycles. The predicted molar refractivity (Wildman–Crippen MR) is 126 cm³/mol. The summed E-state index contributed by atoms with van der Waals surface area (Å²) in [5.74, 6) is 0.490. The van der Waals surface area contributed by atoms with Crippen LogP contribution in [-0.4, -0.2) is 14.5 Å². The molecule has 1 heterocycles. The second-order valence-electron chi connectivity index (χ2n) is 6.69. The van der Waals surface area contributed by atoms with Crippen molar-refractivity contribution in [2.75, 3.05) is 0 Å². The number of nitro groups is 1. The third-order valence-electron chi connectivity index (χ3n) is 4.64. The van der Waals surface area contributed by atoms with Gasteiger partial charge < -0.3 is 0 Å². The van der Waals surface area contributed by atoms with Crippen LogP contribution in [0.1, 0.15) is 17.0 Å². The van der Waals surface area contributed by atoms with E-state index in [2.05, 4.69) is 27.6 Å². The molecule has 0 amide bonds. The number of hydrogen-bond donors (Lipinski definition) is 0. The van der Waals surface area contributed by atoms with Crippen molar-refractivity contribution in [3.8, 4) is 0 Å². The third kappa shape index (κ3) is 4.30. The van der Waals surface area contributed by atoms with E-state index in [1.165, 1.54) is 12.1 Å². The summed E-state index contributed by atoms with van der Waals surface area (Å²) >= 11 is 2.18. The molecule has 7 heteroatoms.